The zero-order valence-electron chi connectivity index (χ0n) is 54.0. The molecule has 1 aliphatic carbocycles. The van der Waals surface area contributed by atoms with E-state index in [0.717, 1.165) is 32.1 Å². The first-order valence-corrected chi connectivity index (χ1v) is 30.9. The monoisotopic (exact) mass is 1200 g/mol. The summed E-state index contributed by atoms with van der Waals surface area (Å²) in [7, 11) is 3.24. The number of nitrogens with two attached hydrogens (primary N) is 1. The molecule has 1 aromatic rings. The van der Waals surface area contributed by atoms with Gasteiger partial charge in [0.25, 0.3) is 5.91 Å². The van der Waals surface area contributed by atoms with E-state index in [-0.39, 0.29) is 61.1 Å². The standard InChI is InChI=1S/C61H108N12O12/c1-38(2)34-43(50(62)44(24-23-42-20-17-16-18-21-42)66-54(78)48-22-19-28-73(48)55(79)47-37-85-41(7)65-47)51(75)69-60(10,11)57(81)68-45(35-39(3)4)52(76)67-46(36-40(5)6)53(77)70-61(12,13)58(82)71-59(8,9)56(80)64-26-25-49(74)63-27-29-72(30-32-83-14)31-33-84-15/h37-40,42-46,48,50H,16-36,62H2,1-15H3,(H,63,74)(H,64,80)(H,66,78)(H,67,76)(H,68,81)(H,69,75)(H,70,77)(H,71,82)/t43-,44-,45-,46-,48-,50?/m0/s1. The van der Waals surface area contributed by atoms with Gasteiger partial charge in [0, 0.05) is 78.9 Å². The lowest BCUT2D eigenvalue weighted by Crippen LogP contribution is -2.65. The summed E-state index contributed by atoms with van der Waals surface area (Å²) >= 11 is 0. The number of carbonyl (C=O) groups excluding carboxylic acids is 9. The van der Waals surface area contributed by atoms with Crippen molar-refractivity contribution in [1.82, 2.24) is 57.3 Å². The minimum Gasteiger partial charge on any atom is -0.448 e. The molecule has 0 spiro atoms. The molecule has 1 aromatic heterocycles. The van der Waals surface area contributed by atoms with E-state index in [1.165, 1.54) is 59.1 Å². The molecule has 2 heterocycles. The average Bonchev–Trinajstić information content (AvgIpc) is 3.22. The second kappa shape index (κ2) is 35.2. The van der Waals surface area contributed by atoms with E-state index in [2.05, 4.69) is 52.4 Å². The molecule has 10 N–H and O–H groups in total. The number of rotatable bonds is 37. The van der Waals surface area contributed by atoms with Crippen molar-refractivity contribution in [3.05, 3.63) is 17.8 Å². The van der Waals surface area contributed by atoms with E-state index in [1.54, 1.807) is 21.1 Å². The van der Waals surface area contributed by atoms with E-state index >= 15 is 0 Å². The fourth-order valence-electron chi connectivity index (χ4n) is 10.8. The smallest absolute Gasteiger partial charge is 0.276 e. The van der Waals surface area contributed by atoms with Gasteiger partial charge in [-0.2, -0.15) is 0 Å². The second-order valence-electron chi connectivity index (χ2n) is 26.3. The molecular weight excluding hydrogens is 1090 g/mol. The Bertz CT molecular complexity index is 2330. The van der Waals surface area contributed by atoms with E-state index < -0.39 is 94.1 Å². The van der Waals surface area contributed by atoms with Crippen molar-refractivity contribution in [3.63, 3.8) is 0 Å². The lowest BCUT2D eigenvalue weighted by atomic mass is 9.80. The van der Waals surface area contributed by atoms with Crippen LogP contribution in [0.1, 0.15) is 183 Å². The van der Waals surface area contributed by atoms with E-state index in [4.69, 9.17) is 19.6 Å². The first-order chi connectivity index (χ1) is 39.8. The molecule has 2 fully saturated rings. The van der Waals surface area contributed by atoms with Gasteiger partial charge in [0.1, 0.15) is 41.0 Å². The van der Waals surface area contributed by atoms with Gasteiger partial charge in [0.2, 0.25) is 47.3 Å². The van der Waals surface area contributed by atoms with Gasteiger partial charge in [0.15, 0.2) is 11.6 Å². The van der Waals surface area contributed by atoms with Crippen molar-refractivity contribution < 1.29 is 57.0 Å². The molecule has 3 rings (SSSR count). The predicted molar refractivity (Wildman–Crippen MR) is 324 cm³/mol. The summed E-state index contributed by atoms with van der Waals surface area (Å²) in [6.07, 6.45) is 9.87. The molecule has 1 saturated carbocycles. The van der Waals surface area contributed by atoms with Gasteiger partial charge in [-0.25, -0.2) is 4.98 Å². The highest BCUT2D eigenvalue weighted by molar-refractivity contribution is 5.99. The third-order valence-corrected chi connectivity index (χ3v) is 15.9. The van der Waals surface area contributed by atoms with Gasteiger partial charge in [-0.15, -0.1) is 0 Å². The molecule has 9 amide bonds. The molecule has 2 aliphatic rings. The third-order valence-electron chi connectivity index (χ3n) is 15.9. The summed E-state index contributed by atoms with van der Waals surface area (Å²) in [4.78, 5) is 133. The highest BCUT2D eigenvalue weighted by Crippen LogP contribution is 2.30. The number of carbonyl (C=O) groups is 9. The SMILES string of the molecule is COCCN(CCNC(=O)CCNC(=O)C(C)(C)NC(=O)C(C)(C)NC(=O)[C@H](CC(C)C)NC(=O)[C@H](CC(C)C)NC(=O)C(C)(C)NC(=O)[C@@H](CC(C)C)C(N)[C@H](CCC1CCCCC1)NC(=O)[C@@H]1CCCN1C(=O)c1coc(C)n1)CCOC. The van der Waals surface area contributed by atoms with Crippen LogP contribution in [0.4, 0.5) is 0 Å². The zero-order valence-corrected chi connectivity index (χ0v) is 54.0. The largest absolute Gasteiger partial charge is 0.448 e. The van der Waals surface area contributed by atoms with Crippen LogP contribution in [0.3, 0.4) is 0 Å². The third kappa shape index (κ3) is 24.9. The molecule has 484 valence electrons. The van der Waals surface area contributed by atoms with E-state index in [1.807, 2.05) is 41.5 Å². The van der Waals surface area contributed by atoms with Crippen LogP contribution in [0.25, 0.3) is 0 Å². The maximum atomic E-state index is 14.7. The Hall–Kier alpha value is -5.72. The minimum absolute atomic E-state index is 0.00466. The molecule has 0 bridgehead atoms. The van der Waals surface area contributed by atoms with Crippen molar-refractivity contribution in [1.29, 1.82) is 0 Å². The van der Waals surface area contributed by atoms with Crippen LogP contribution in [-0.4, -0.2) is 181 Å². The summed E-state index contributed by atoms with van der Waals surface area (Å²) in [6.45, 7) is 25.9. The number of hydrogen-bond acceptors (Lipinski definition) is 15. The van der Waals surface area contributed by atoms with Gasteiger partial charge < -0.3 is 67.1 Å². The molecular formula is C61H108N12O12. The summed E-state index contributed by atoms with van der Waals surface area (Å²) in [5.41, 5.74) is 2.65. The molecule has 1 unspecified atom stereocenters. The van der Waals surface area contributed by atoms with Crippen LogP contribution in [-0.2, 0) is 47.8 Å². The number of methoxy groups -OCH3 is 2. The zero-order chi connectivity index (χ0) is 63.8. The summed E-state index contributed by atoms with van der Waals surface area (Å²) in [5.74, 6) is -5.07. The van der Waals surface area contributed by atoms with E-state index in [0.29, 0.717) is 83.4 Å². The highest BCUT2D eigenvalue weighted by atomic mass is 16.5. The van der Waals surface area contributed by atoms with Gasteiger partial charge in [-0.3, -0.25) is 48.1 Å². The predicted octanol–water partition coefficient (Wildman–Crippen LogP) is 3.39. The Kier molecular flexibility index (Phi) is 30.4. The maximum absolute atomic E-state index is 14.7. The van der Waals surface area contributed by atoms with Crippen LogP contribution >= 0.6 is 0 Å². The quantitative estimate of drug-likeness (QED) is 0.0461. The van der Waals surface area contributed by atoms with Crippen molar-refractivity contribution >= 4 is 53.2 Å². The van der Waals surface area contributed by atoms with Crippen LogP contribution in [0.2, 0.25) is 0 Å². The normalized spacial score (nSPS) is 17.0. The van der Waals surface area contributed by atoms with Crippen LogP contribution in [0, 0.1) is 36.5 Å². The Balaban J connectivity index is 1.72. The topological polar surface area (TPSA) is 327 Å². The maximum Gasteiger partial charge on any atom is 0.276 e. The number of nitrogens with one attached hydrogen (secondary N) is 8. The van der Waals surface area contributed by atoms with Crippen molar-refractivity contribution in [3.8, 4) is 0 Å². The first kappa shape index (κ1) is 73.5. The molecule has 0 radical (unpaired) electrons. The lowest BCUT2D eigenvalue weighted by Gasteiger charge is -2.36. The Morgan fingerprint density at radius 2 is 1.24 bits per heavy atom. The van der Waals surface area contributed by atoms with Gasteiger partial charge >= 0.3 is 0 Å². The highest BCUT2D eigenvalue weighted by Gasteiger charge is 2.43. The molecule has 24 heteroatoms. The number of oxazole rings is 1. The molecule has 6 atom stereocenters. The molecule has 0 aromatic carbocycles. The Labute approximate surface area is 506 Å². The number of nitrogens with zero attached hydrogens (tertiary/aromatic N) is 3. The molecule has 1 aliphatic heterocycles. The summed E-state index contributed by atoms with van der Waals surface area (Å²) in [5, 5.41) is 22.8. The number of ether oxygens (including phenoxy) is 2. The van der Waals surface area contributed by atoms with Crippen molar-refractivity contribution in [2.45, 2.75) is 220 Å². The second-order valence-corrected chi connectivity index (χ2v) is 26.3. The lowest BCUT2D eigenvalue weighted by molar-refractivity contribution is -0.139. The molecule has 85 heavy (non-hydrogen) atoms. The van der Waals surface area contributed by atoms with Gasteiger partial charge in [0.05, 0.1) is 19.1 Å². The summed E-state index contributed by atoms with van der Waals surface area (Å²) < 4.78 is 15.6. The number of amides is 9. The van der Waals surface area contributed by atoms with Crippen LogP contribution in [0.15, 0.2) is 10.7 Å². The number of likely N-dealkylation sites (tertiary alicyclic amines) is 1. The number of aryl methyl sites for hydroxylation is 1. The molecule has 24 nitrogen and oxygen atoms in total. The first-order valence-electron chi connectivity index (χ1n) is 30.9. The van der Waals surface area contributed by atoms with E-state index in [9.17, 15) is 43.2 Å². The van der Waals surface area contributed by atoms with Crippen LogP contribution < -0.4 is 48.3 Å². The Morgan fingerprint density at radius 1 is 0.671 bits per heavy atom. The van der Waals surface area contributed by atoms with Crippen molar-refractivity contribution in [2.24, 2.45) is 35.3 Å². The fraction of sp³-hybridized carbons (Fsp3) is 0.803. The summed E-state index contributed by atoms with van der Waals surface area (Å²) in [6, 6.07) is -4.61. The fourth-order valence-corrected chi connectivity index (χ4v) is 10.8. The average molecular weight is 1200 g/mol. The van der Waals surface area contributed by atoms with Crippen molar-refractivity contribution in [2.75, 3.05) is 66.7 Å². The van der Waals surface area contributed by atoms with Gasteiger partial charge in [-0.05, 0) is 110 Å². The van der Waals surface area contributed by atoms with Gasteiger partial charge in [-0.1, -0.05) is 73.6 Å². The molecule has 1 saturated heterocycles. The Morgan fingerprint density at radius 3 is 1.80 bits per heavy atom. The van der Waals surface area contributed by atoms with Crippen LogP contribution in [0.5, 0.6) is 0 Å². The number of aromatic nitrogens is 1. The number of hydrogen-bond donors (Lipinski definition) is 9. The minimum atomic E-state index is -1.59.